The number of aliphatic carboxylic acids is 1. The number of carbonyl (C=O) groups is 3. The monoisotopic (exact) mass is 344 g/mol. The van der Waals surface area contributed by atoms with Gasteiger partial charge in [-0.05, 0) is 29.7 Å². The first-order valence-electron chi connectivity index (χ1n) is 7.55. The molecular weight excluding hydrogens is 327 g/mol. The summed E-state index contributed by atoms with van der Waals surface area (Å²) in [6.07, 6.45) is -0.510. The molecule has 0 spiro atoms. The predicted molar refractivity (Wildman–Crippen MR) is 89.2 cm³/mol. The highest BCUT2D eigenvalue weighted by Gasteiger charge is 2.21. The van der Waals surface area contributed by atoms with Crippen molar-refractivity contribution in [3.8, 4) is 11.1 Å². The Kier molecular flexibility index (Phi) is 5.84. The maximum atomic E-state index is 14.3. The number of halogens is 1. The summed E-state index contributed by atoms with van der Waals surface area (Å²) in [6.45, 7) is 0. The van der Waals surface area contributed by atoms with Crippen LogP contribution in [-0.4, -0.2) is 28.9 Å². The minimum Gasteiger partial charge on any atom is -0.481 e. The van der Waals surface area contributed by atoms with E-state index in [1.807, 2.05) is 30.3 Å². The van der Waals surface area contributed by atoms with E-state index >= 15 is 0 Å². The largest absolute Gasteiger partial charge is 0.481 e. The molecule has 0 aliphatic heterocycles. The van der Waals surface area contributed by atoms with Crippen LogP contribution in [0.15, 0.2) is 48.5 Å². The van der Waals surface area contributed by atoms with Crippen LogP contribution in [0.25, 0.3) is 11.1 Å². The molecule has 0 unspecified atom stereocenters. The summed E-state index contributed by atoms with van der Waals surface area (Å²) in [4.78, 5) is 34.1. The van der Waals surface area contributed by atoms with Gasteiger partial charge >= 0.3 is 5.97 Å². The maximum Gasteiger partial charge on any atom is 0.303 e. The number of hydrogen-bond donors (Lipinski definition) is 3. The summed E-state index contributed by atoms with van der Waals surface area (Å²) in [5.41, 5.74) is 6.30. The van der Waals surface area contributed by atoms with E-state index in [-0.39, 0.29) is 18.4 Å². The van der Waals surface area contributed by atoms with Gasteiger partial charge in [0.25, 0.3) is 5.91 Å². The molecule has 7 heteroatoms. The van der Waals surface area contributed by atoms with Gasteiger partial charge in [0.15, 0.2) is 0 Å². The Balaban J connectivity index is 2.16. The van der Waals surface area contributed by atoms with Gasteiger partial charge < -0.3 is 16.2 Å². The molecule has 2 aromatic carbocycles. The Morgan fingerprint density at radius 2 is 1.76 bits per heavy atom. The quantitative estimate of drug-likeness (QED) is 0.713. The number of carboxylic acids is 1. The second-order valence-electron chi connectivity index (χ2n) is 5.42. The number of rotatable bonds is 7. The molecule has 0 aliphatic rings. The first-order valence-corrected chi connectivity index (χ1v) is 7.55. The Morgan fingerprint density at radius 1 is 1.08 bits per heavy atom. The molecule has 0 aliphatic carbocycles. The second-order valence-corrected chi connectivity index (χ2v) is 5.42. The van der Waals surface area contributed by atoms with Crippen molar-refractivity contribution in [3.05, 3.63) is 59.9 Å². The van der Waals surface area contributed by atoms with Crippen LogP contribution >= 0.6 is 0 Å². The van der Waals surface area contributed by atoms with Crippen LogP contribution in [0.3, 0.4) is 0 Å². The molecule has 0 heterocycles. The summed E-state index contributed by atoms with van der Waals surface area (Å²) in [5, 5.41) is 10.9. The molecule has 2 aromatic rings. The minimum atomic E-state index is -1.18. The van der Waals surface area contributed by atoms with Crippen LogP contribution in [-0.2, 0) is 9.59 Å². The average molecular weight is 344 g/mol. The first-order chi connectivity index (χ1) is 11.9. The summed E-state index contributed by atoms with van der Waals surface area (Å²) in [5.74, 6) is -3.58. The van der Waals surface area contributed by atoms with Crippen LogP contribution in [0.1, 0.15) is 23.2 Å². The predicted octanol–water partition coefficient (Wildman–Crippen LogP) is 1.94. The molecule has 25 heavy (non-hydrogen) atoms. The fourth-order valence-corrected chi connectivity index (χ4v) is 2.30. The van der Waals surface area contributed by atoms with E-state index in [4.69, 9.17) is 10.8 Å². The van der Waals surface area contributed by atoms with Gasteiger partial charge in [0.1, 0.15) is 11.9 Å². The van der Waals surface area contributed by atoms with Crippen LogP contribution in [0.5, 0.6) is 0 Å². The third-order valence-electron chi connectivity index (χ3n) is 3.62. The molecule has 0 saturated carbocycles. The van der Waals surface area contributed by atoms with Gasteiger partial charge in [0.2, 0.25) is 5.91 Å². The molecule has 0 fully saturated rings. The van der Waals surface area contributed by atoms with E-state index in [1.54, 1.807) is 6.07 Å². The van der Waals surface area contributed by atoms with Crippen LogP contribution in [0, 0.1) is 5.82 Å². The molecular formula is C18H17FN2O4. The lowest BCUT2D eigenvalue weighted by molar-refractivity contribution is -0.137. The van der Waals surface area contributed by atoms with Crippen molar-refractivity contribution < 1.29 is 23.9 Å². The lowest BCUT2D eigenvalue weighted by atomic mass is 10.0. The molecule has 0 bridgehead atoms. The SMILES string of the molecule is NC(=O)[C@H](CCC(=O)O)NC(=O)c1ccc(-c2ccccc2)cc1F. The molecule has 1 atom stereocenters. The molecule has 4 N–H and O–H groups in total. The third-order valence-corrected chi connectivity index (χ3v) is 3.62. The Bertz CT molecular complexity index is 793. The zero-order valence-electron chi connectivity index (χ0n) is 13.2. The van der Waals surface area contributed by atoms with Crippen LogP contribution < -0.4 is 11.1 Å². The highest BCUT2D eigenvalue weighted by molar-refractivity contribution is 5.98. The molecule has 2 rings (SSSR count). The number of carbonyl (C=O) groups excluding carboxylic acids is 2. The third kappa shape index (κ3) is 4.87. The minimum absolute atomic E-state index is 0.167. The van der Waals surface area contributed by atoms with E-state index in [1.165, 1.54) is 12.1 Å². The number of benzene rings is 2. The van der Waals surface area contributed by atoms with Gasteiger partial charge in [-0.1, -0.05) is 36.4 Å². The standard InChI is InChI=1S/C18H17FN2O4/c19-14-10-12(11-4-2-1-3-5-11)6-7-13(14)18(25)21-15(17(20)24)8-9-16(22)23/h1-7,10,15H,8-9H2,(H2,20,24)(H,21,25)(H,22,23)/t15-/m0/s1. The molecule has 6 nitrogen and oxygen atoms in total. The fraction of sp³-hybridized carbons (Fsp3) is 0.167. The summed E-state index contributed by atoms with van der Waals surface area (Å²) < 4.78 is 14.3. The van der Waals surface area contributed by atoms with Crippen LogP contribution in [0.4, 0.5) is 4.39 Å². The van der Waals surface area contributed by atoms with E-state index in [9.17, 15) is 18.8 Å². The van der Waals surface area contributed by atoms with Gasteiger partial charge in [0, 0.05) is 6.42 Å². The number of primary amides is 1. The van der Waals surface area contributed by atoms with Gasteiger partial charge in [-0.15, -0.1) is 0 Å². The zero-order chi connectivity index (χ0) is 18.4. The zero-order valence-corrected chi connectivity index (χ0v) is 13.2. The molecule has 0 aromatic heterocycles. The van der Waals surface area contributed by atoms with Crippen molar-refractivity contribution in [3.63, 3.8) is 0 Å². The Morgan fingerprint density at radius 3 is 2.32 bits per heavy atom. The topological polar surface area (TPSA) is 109 Å². The average Bonchev–Trinajstić information content (AvgIpc) is 2.58. The number of nitrogens with one attached hydrogen (secondary N) is 1. The van der Waals surface area contributed by atoms with Gasteiger partial charge in [-0.3, -0.25) is 14.4 Å². The van der Waals surface area contributed by atoms with Gasteiger partial charge in [0.05, 0.1) is 5.56 Å². The van der Waals surface area contributed by atoms with Crippen molar-refractivity contribution in [1.82, 2.24) is 5.32 Å². The Hall–Kier alpha value is -3.22. The summed E-state index contributed by atoms with van der Waals surface area (Å²) in [7, 11) is 0. The van der Waals surface area contributed by atoms with E-state index in [0.717, 1.165) is 5.56 Å². The number of nitrogens with two attached hydrogens (primary N) is 1. The normalized spacial score (nSPS) is 11.6. The van der Waals surface area contributed by atoms with Crippen LogP contribution in [0.2, 0.25) is 0 Å². The second kappa shape index (κ2) is 8.05. The Labute approximate surface area is 143 Å². The first kappa shape index (κ1) is 18.1. The van der Waals surface area contributed by atoms with Crippen molar-refractivity contribution in [2.24, 2.45) is 5.73 Å². The van der Waals surface area contributed by atoms with E-state index in [0.29, 0.717) is 5.56 Å². The lowest BCUT2D eigenvalue weighted by Crippen LogP contribution is -2.44. The number of amides is 2. The molecule has 0 radical (unpaired) electrons. The van der Waals surface area contributed by atoms with E-state index < -0.39 is 29.6 Å². The van der Waals surface area contributed by atoms with E-state index in [2.05, 4.69) is 5.32 Å². The highest BCUT2D eigenvalue weighted by Crippen LogP contribution is 2.21. The molecule has 130 valence electrons. The summed E-state index contributed by atoms with van der Waals surface area (Å²) >= 11 is 0. The maximum absolute atomic E-state index is 14.3. The van der Waals surface area contributed by atoms with Gasteiger partial charge in [-0.2, -0.15) is 0 Å². The van der Waals surface area contributed by atoms with Gasteiger partial charge in [-0.25, -0.2) is 4.39 Å². The van der Waals surface area contributed by atoms with Crippen molar-refractivity contribution in [2.75, 3.05) is 0 Å². The molecule has 2 amide bonds. The number of hydrogen-bond acceptors (Lipinski definition) is 3. The fourth-order valence-electron chi connectivity index (χ4n) is 2.30. The van der Waals surface area contributed by atoms with Crippen molar-refractivity contribution >= 4 is 17.8 Å². The molecule has 0 saturated heterocycles. The lowest BCUT2D eigenvalue weighted by Gasteiger charge is -2.15. The van der Waals surface area contributed by atoms with Crippen molar-refractivity contribution in [2.45, 2.75) is 18.9 Å². The number of carboxylic acid groups (broad SMARTS) is 1. The smallest absolute Gasteiger partial charge is 0.303 e. The summed E-state index contributed by atoms with van der Waals surface area (Å²) in [6, 6.07) is 12.0. The highest BCUT2D eigenvalue weighted by atomic mass is 19.1. The van der Waals surface area contributed by atoms with Crippen molar-refractivity contribution in [1.29, 1.82) is 0 Å².